The van der Waals surface area contributed by atoms with Crippen LogP contribution in [-0.2, 0) is 6.42 Å². The van der Waals surface area contributed by atoms with Crippen molar-refractivity contribution in [3.8, 4) is 0 Å². The van der Waals surface area contributed by atoms with Crippen LogP contribution in [0.5, 0.6) is 0 Å². The summed E-state index contributed by atoms with van der Waals surface area (Å²) in [6.45, 7) is 2.14. The number of hydrogen-bond donors (Lipinski definition) is 1. The highest BCUT2D eigenvalue weighted by atomic mass is 16.3. The van der Waals surface area contributed by atoms with Crippen molar-refractivity contribution in [2.45, 2.75) is 19.4 Å². The molecule has 2 rings (SSSR count). The van der Waals surface area contributed by atoms with Gasteiger partial charge in [-0.05, 0) is 23.6 Å². The molecule has 1 atom stereocenters. The molecule has 2 heteroatoms. The summed E-state index contributed by atoms with van der Waals surface area (Å²) in [6.07, 6.45) is 4.36. The van der Waals surface area contributed by atoms with Crippen molar-refractivity contribution < 1.29 is 4.42 Å². The normalized spacial score (nSPS) is 12.7. The fourth-order valence-corrected chi connectivity index (χ4v) is 1.79. The van der Waals surface area contributed by atoms with Gasteiger partial charge in [0.1, 0.15) is 0 Å². The maximum atomic E-state index is 6.18. The predicted molar refractivity (Wildman–Crippen MR) is 60.6 cm³/mol. The Bertz CT molecular complexity index is 420. The lowest BCUT2D eigenvalue weighted by Gasteiger charge is -2.13. The number of nitrogens with two attached hydrogens (primary N) is 1. The van der Waals surface area contributed by atoms with Crippen molar-refractivity contribution in [1.82, 2.24) is 0 Å². The average molecular weight is 201 g/mol. The average Bonchev–Trinajstić information content (AvgIpc) is 2.81. The Morgan fingerprint density at radius 3 is 2.73 bits per heavy atom. The Labute approximate surface area is 89.7 Å². The van der Waals surface area contributed by atoms with Crippen molar-refractivity contribution in [2.75, 3.05) is 0 Å². The number of aryl methyl sites for hydroxylation is 1. The first-order chi connectivity index (χ1) is 7.33. The van der Waals surface area contributed by atoms with Crippen molar-refractivity contribution in [1.29, 1.82) is 0 Å². The molecule has 2 nitrogen and oxygen atoms in total. The molecule has 1 unspecified atom stereocenters. The topological polar surface area (TPSA) is 39.2 Å². The number of hydrogen-bond acceptors (Lipinski definition) is 2. The van der Waals surface area contributed by atoms with Crippen LogP contribution in [0.4, 0.5) is 0 Å². The second-order valence-electron chi connectivity index (χ2n) is 3.59. The first-order valence-electron chi connectivity index (χ1n) is 5.18. The molecule has 0 aliphatic carbocycles. The molecule has 0 bridgehead atoms. The molecule has 0 saturated heterocycles. The van der Waals surface area contributed by atoms with Crippen LogP contribution in [0.2, 0.25) is 0 Å². The summed E-state index contributed by atoms with van der Waals surface area (Å²) in [7, 11) is 0. The molecule has 2 N–H and O–H groups in total. The molecule has 1 aromatic heterocycles. The molecule has 1 heterocycles. The van der Waals surface area contributed by atoms with Gasteiger partial charge in [0.15, 0.2) is 0 Å². The highest BCUT2D eigenvalue weighted by Crippen LogP contribution is 2.23. The van der Waals surface area contributed by atoms with Gasteiger partial charge in [-0.25, -0.2) is 0 Å². The van der Waals surface area contributed by atoms with Crippen LogP contribution >= 0.6 is 0 Å². The standard InChI is InChI=1S/C13H15NO/c1-2-10-5-3-4-6-12(10)13(14)11-7-8-15-9-11/h3-9,13H,2,14H2,1H3. The molecule has 0 radical (unpaired) electrons. The Hall–Kier alpha value is -1.54. The largest absolute Gasteiger partial charge is 0.472 e. The molecular formula is C13H15NO. The van der Waals surface area contributed by atoms with Crippen LogP contribution in [0.15, 0.2) is 47.3 Å². The molecule has 0 fully saturated rings. The van der Waals surface area contributed by atoms with Crippen molar-refractivity contribution in [2.24, 2.45) is 5.73 Å². The second kappa shape index (κ2) is 4.32. The molecule has 0 saturated carbocycles. The van der Waals surface area contributed by atoms with E-state index in [1.165, 1.54) is 11.1 Å². The summed E-state index contributed by atoms with van der Waals surface area (Å²) >= 11 is 0. The minimum absolute atomic E-state index is 0.0834. The molecule has 0 aliphatic rings. The van der Waals surface area contributed by atoms with Crippen molar-refractivity contribution in [3.63, 3.8) is 0 Å². The molecule has 78 valence electrons. The highest BCUT2D eigenvalue weighted by Gasteiger charge is 2.12. The molecular weight excluding hydrogens is 186 g/mol. The zero-order chi connectivity index (χ0) is 10.7. The van der Waals surface area contributed by atoms with Gasteiger partial charge in [-0.3, -0.25) is 0 Å². The minimum Gasteiger partial charge on any atom is -0.472 e. The number of rotatable bonds is 3. The molecule has 0 amide bonds. The van der Waals surface area contributed by atoms with Gasteiger partial charge in [0.05, 0.1) is 18.6 Å². The van der Waals surface area contributed by atoms with E-state index >= 15 is 0 Å². The van der Waals surface area contributed by atoms with Crippen LogP contribution in [0.1, 0.15) is 29.7 Å². The summed E-state index contributed by atoms with van der Waals surface area (Å²) in [5.74, 6) is 0. The van der Waals surface area contributed by atoms with Gasteiger partial charge in [-0.2, -0.15) is 0 Å². The quantitative estimate of drug-likeness (QED) is 0.829. The predicted octanol–water partition coefficient (Wildman–Crippen LogP) is 2.89. The third-order valence-electron chi connectivity index (χ3n) is 2.67. The summed E-state index contributed by atoms with van der Waals surface area (Å²) in [4.78, 5) is 0. The minimum atomic E-state index is -0.0834. The summed E-state index contributed by atoms with van der Waals surface area (Å²) in [5.41, 5.74) is 9.68. The van der Waals surface area contributed by atoms with E-state index < -0.39 is 0 Å². The Kier molecular flexibility index (Phi) is 2.88. The van der Waals surface area contributed by atoms with Crippen molar-refractivity contribution in [3.05, 3.63) is 59.5 Å². The summed E-state index contributed by atoms with van der Waals surface area (Å²) < 4.78 is 5.05. The molecule has 2 aromatic rings. The van der Waals surface area contributed by atoms with Crippen LogP contribution in [-0.4, -0.2) is 0 Å². The fourth-order valence-electron chi connectivity index (χ4n) is 1.79. The van der Waals surface area contributed by atoms with Gasteiger partial charge in [-0.1, -0.05) is 31.2 Å². The van der Waals surface area contributed by atoms with Crippen LogP contribution < -0.4 is 5.73 Å². The van der Waals surface area contributed by atoms with Gasteiger partial charge in [0.25, 0.3) is 0 Å². The van der Waals surface area contributed by atoms with E-state index in [9.17, 15) is 0 Å². The van der Waals surface area contributed by atoms with Gasteiger partial charge >= 0.3 is 0 Å². The maximum absolute atomic E-state index is 6.18. The van der Waals surface area contributed by atoms with E-state index in [2.05, 4.69) is 19.1 Å². The lowest BCUT2D eigenvalue weighted by atomic mass is 9.96. The van der Waals surface area contributed by atoms with Crippen LogP contribution in [0, 0.1) is 0 Å². The Balaban J connectivity index is 2.37. The fraction of sp³-hybridized carbons (Fsp3) is 0.231. The van der Waals surface area contributed by atoms with E-state index in [1.807, 2.05) is 18.2 Å². The lowest BCUT2D eigenvalue weighted by Crippen LogP contribution is -2.12. The lowest BCUT2D eigenvalue weighted by molar-refractivity contribution is 0.562. The number of benzene rings is 1. The first kappa shape index (κ1) is 9.99. The van der Waals surface area contributed by atoms with Crippen molar-refractivity contribution >= 4 is 0 Å². The molecule has 15 heavy (non-hydrogen) atoms. The Morgan fingerprint density at radius 2 is 2.07 bits per heavy atom. The summed E-state index contributed by atoms with van der Waals surface area (Å²) in [6, 6.07) is 10.1. The molecule has 1 aromatic carbocycles. The zero-order valence-corrected chi connectivity index (χ0v) is 8.81. The molecule has 0 spiro atoms. The Morgan fingerprint density at radius 1 is 1.27 bits per heavy atom. The first-order valence-corrected chi connectivity index (χ1v) is 5.18. The van der Waals surface area contributed by atoms with Gasteiger partial charge < -0.3 is 10.2 Å². The highest BCUT2D eigenvalue weighted by molar-refractivity contribution is 5.35. The smallest absolute Gasteiger partial charge is 0.0953 e. The van der Waals surface area contributed by atoms with Gasteiger partial charge in [-0.15, -0.1) is 0 Å². The van der Waals surface area contributed by atoms with E-state index in [4.69, 9.17) is 10.2 Å². The van der Waals surface area contributed by atoms with Gasteiger partial charge in [0, 0.05) is 5.56 Å². The van der Waals surface area contributed by atoms with Crippen LogP contribution in [0.25, 0.3) is 0 Å². The SMILES string of the molecule is CCc1ccccc1C(N)c1ccoc1. The van der Waals surface area contributed by atoms with Crippen LogP contribution in [0.3, 0.4) is 0 Å². The van der Waals surface area contributed by atoms with E-state index in [1.54, 1.807) is 12.5 Å². The second-order valence-corrected chi connectivity index (χ2v) is 3.59. The zero-order valence-electron chi connectivity index (χ0n) is 8.81. The maximum Gasteiger partial charge on any atom is 0.0953 e. The van der Waals surface area contributed by atoms with E-state index in [0.717, 1.165) is 12.0 Å². The monoisotopic (exact) mass is 201 g/mol. The third kappa shape index (κ3) is 1.95. The van der Waals surface area contributed by atoms with E-state index in [-0.39, 0.29) is 6.04 Å². The van der Waals surface area contributed by atoms with Gasteiger partial charge in [0.2, 0.25) is 0 Å². The third-order valence-corrected chi connectivity index (χ3v) is 2.67. The molecule has 0 aliphatic heterocycles. The number of furan rings is 1. The van der Waals surface area contributed by atoms with E-state index in [0.29, 0.717) is 0 Å². The summed E-state index contributed by atoms with van der Waals surface area (Å²) in [5, 5.41) is 0.